The van der Waals surface area contributed by atoms with E-state index in [0.717, 1.165) is 23.3 Å². The molecule has 56 heavy (non-hydrogen) atoms. The molecule has 0 bridgehead atoms. The summed E-state index contributed by atoms with van der Waals surface area (Å²) in [5.74, 6) is -2.19. The summed E-state index contributed by atoms with van der Waals surface area (Å²) in [5, 5.41) is 9.64. The first kappa shape index (κ1) is 38.2. The van der Waals surface area contributed by atoms with Gasteiger partial charge in [0.15, 0.2) is 0 Å². The average molecular weight is 781 g/mol. The van der Waals surface area contributed by atoms with Gasteiger partial charge in [0.1, 0.15) is 11.8 Å². The average Bonchev–Trinajstić information content (AvgIpc) is 3.59. The number of nitrogens with one attached hydrogen (secondary N) is 3. The summed E-state index contributed by atoms with van der Waals surface area (Å²) in [6.45, 7) is 0.952. The van der Waals surface area contributed by atoms with Gasteiger partial charge in [-0.2, -0.15) is 0 Å². The third-order valence-corrected chi connectivity index (χ3v) is 11.0. The van der Waals surface area contributed by atoms with Gasteiger partial charge in [-0.1, -0.05) is 18.2 Å². The molecule has 2 unspecified atom stereocenters. The minimum absolute atomic E-state index is 0.0461. The van der Waals surface area contributed by atoms with Gasteiger partial charge < -0.3 is 20.3 Å². The lowest BCUT2D eigenvalue weighted by molar-refractivity contribution is -0.136. The van der Waals surface area contributed by atoms with E-state index in [9.17, 15) is 37.5 Å². The Bertz CT molecular complexity index is 2330. The standard InChI is InChI=1S/C40H40N6O9S/c1-44-30-15-14-28(46(56(53)54)29-11-4-5-12-32(29)55-2)25-21-23(22-26(35(25)30)38(44)50)13-17-33(47)42-20-7-3-6-19-41-27-10-8-9-24-36(27)40(52)45(39(24)51)31-16-18-34(48)43-37(31)49/h4-5,8-12,14-15,21-22,31,41H,3,6-7,13,16-20H2,1-2H3,(H,42,47)(H,53,54)(H,43,48,49). The van der Waals surface area contributed by atoms with Crippen LogP contribution in [0.5, 0.6) is 5.75 Å². The number of imide groups is 2. The van der Waals surface area contributed by atoms with Crippen molar-refractivity contribution < 1.29 is 42.3 Å². The van der Waals surface area contributed by atoms with Crippen molar-refractivity contribution >= 4 is 80.2 Å². The highest BCUT2D eigenvalue weighted by Crippen LogP contribution is 2.45. The molecule has 6 amide bonds. The van der Waals surface area contributed by atoms with E-state index in [1.165, 1.54) is 11.4 Å². The van der Waals surface area contributed by atoms with Crippen molar-refractivity contribution in [3.8, 4) is 5.75 Å². The van der Waals surface area contributed by atoms with Gasteiger partial charge in [0.2, 0.25) is 17.7 Å². The van der Waals surface area contributed by atoms with Crippen LogP contribution < -0.4 is 29.9 Å². The van der Waals surface area contributed by atoms with Crippen LogP contribution in [0.15, 0.2) is 66.7 Å². The highest BCUT2D eigenvalue weighted by Gasteiger charge is 2.45. The number of carbonyl (C=O) groups is 6. The number of benzene rings is 4. The number of aryl methyl sites for hydroxylation is 1. The quantitative estimate of drug-likeness (QED) is 0.0761. The minimum Gasteiger partial charge on any atom is -0.495 e. The molecule has 3 aliphatic heterocycles. The maximum absolute atomic E-state index is 13.3. The third-order valence-electron chi connectivity index (χ3n) is 10.3. The Labute approximate surface area is 324 Å². The number of nitrogens with zero attached hydrogens (tertiary/aromatic N) is 3. The second-order valence-electron chi connectivity index (χ2n) is 13.7. The van der Waals surface area contributed by atoms with E-state index in [1.54, 1.807) is 72.6 Å². The van der Waals surface area contributed by atoms with E-state index in [0.29, 0.717) is 70.8 Å². The SMILES string of the molecule is COc1ccccc1N(c1ccc2c3c(cc(CCC(=O)NCCCCCNc4cccc5c4C(=O)N(C4CCC(=O)NC4=O)C5=O)cc13)C(=O)N2C)S(=O)O. The number of para-hydroxylation sites is 2. The maximum Gasteiger partial charge on any atom is 0.266 e. The molecule has 1 saturated heterocycles. The lowest BCUT2D eigenvalue weighted by Gasteiger charge is -2.27. The lowest BCUT2D eigenvalue weighted by atomic mass is 9.97. The minimum atomic E-state index is -2.49. The Morgan fingerprint density at radius 1 is 0.929 bits per heavy atom. The van der Waals surface area contributed by atoms with Crippen LogP contribution in [0.2, 0.25) is 0 Å². The molecule has 0 spiro atoms. The number of amides is 6. The fourth-order valence-corrected chi connectivity index (χ4v) is 8.20. The highest BCUT2D eigenvalue weighted by atomic mass is 32.2. The van der Waals surface area contributed by atoms with E-state index in [1.807, 2.05) is 6.07 Å². The molecular weight excluding hydrogens is 741 g/mol. The van der Waals surface area contributed by atoms with E-state index < -0.39 is 40.9 Å². The van der Waals surface area contributed by atoms with Crippen molar-refractivity contribution in [3.63, 3.8) is 0 Å². The number of rotatable bonds is 15. The third kappa shape index (κ3) is 7.08. The van der Waals surface area contributed by atoms with Crippen molar-refractivity contribution in [2.75, 3.05) is 41.8 Å². The number of fused-ring (bicyclic) bond motifs is 1. The molecule has 7 rings (SSSR count). The number of hydrogen-bond acceptors (Lipinski definition) is 9. The van der Waals surface area contributed by atoms with Crippen LogP contribution in [0.3, 0.4) is 0 Å². The molecule has 0 aromatic heterocycles. The number of hydrogen-bond donors (Lipinski definition) is 4. The molecule has 15 nitrogen and oxygen atoms in total. The molecule has 0 aliphatic carbocycles. The van der Waals surface area contributed by atoms with E-state index >= 15 is 0 Å². The van der Waals surface area contributed by atoms with Crippen LogP contribution in [0.25, 0.3) is 10.8 Å². The highest BCUT2D eigenvalue weighted by molar-refractivity contribution is 7.81. The van der Waals surface area contributed by atoms with Crippen LogP contribution in [0, 0.1) is 0 Å². The summed E-state index contributed by atoms with van der Waals surface area (Å²) >= 11 is -2.49. The first-order valence-corrected chi connectivity index (χ1v) is 19.3. The van der Waals surface area contributed by atoms with Crippen molar-refractivity contribution in [1.82, 2.24) is 15.5 Å². The second kappa shape index (κ2) is 15.9. The molecule has 16 heteroatoms. The second-order valence-corrected chi connectivity index (χ2v) is 14.6. The smallest absolute Gasteiger partial charge is 0.266 e. The van der Waals surface area contributed by atoms with Gasteiger partial charge in [0.25, 0.3) is 29.0 Å². The Kier molecular flexibility index (Phi) is 10.8. The van der Waals surface area contributed by atoms with Gasteiger partial charge in [-0.15, -0.1) is 0 Å². The number of unbranched alkanes of at least 4 members (excludes halogenated alkanes) is 2. The van der Waals surface area contributed by atoms with Gasteiger partial charge in [0.05, 0.1) is 40.9 Å². The maximum atomic E-state index is 13.3. The zero-order valence-electron chi connectivity index (χ0n) is 30.8. The lowest BCUT2D eigenvalue weighted by Crippen LogP contribution is -2.54. The fraction of sp³-hybridized carbons (Fsp3) is 0.300. The van der Waals surface area contributed by atoms with Gasteiger partial charge in [-0.3, -0.25) is 43.5 Å². The van der Waals surface area contributed by atoms with Crippen molar-refractivity contribution in [1.29, 1.82) is 0 Å². The number of ether oxygens (including phenoxy) is 1. The molecule has 3 heterocycles. The number of carbonyl (C=O) groups excluding carboxylic acids is 6. The summed E-state index contributed by atoms with van der Waals surface area (Å²) in [6, 6.07) is 17.8. The molecule has 4 aromatic carbocycles. The van der Waals surface area contributed by atoms with Crippen LogP contribution in [-0.4, -0.2) is 82.4 Å². The number of methoxy groups -OCH3 is 1. The van der Waals surface area contributed by atoms with E-state index in [2.05, 4.69) is 16.0 Å². The Hall–Kier alpha value is -6.13. The summed E-state index contributed by atoms with van der Waals surface area (Å²) in [7, 11) is 3.16. The van der Waals surface area contributed by atoms with Crippen molar-refractivity contribution in [2.24, 2.45) is 0 Å². The first-order chi connectivity index (χ1) is 27.0. The molecule has 4 aromatic rings. The van der Waals surface area contributed by atoms with Crippen LogP contribution in [0.1, 0.15) is 75.2 Å². The molecular formula is C40H40N6O9S. The topological polar surface area (TPSA) is 195 Å². The fourth-order valence-electron chi connectivity index (χ4n) is 7.55. The molecule has 290 valence electrons. The van der Waals surface area contributed by atoms with Gasteiger partial charge in [0, 0.05) is 49.4 Å². The number of piperidine rings is 1. The molecule has 4 N–H and O–H groups in total. The molecule has 0 saturated carbocycles. The molecule has 1 fully saturated rings. The molecule has 0 radical (unpaired) electrons. The normalized spacial score (nSPS) is 16.6. The zero-order chi connectivity index (χ0) is 39.7. The van der Waals surface area contributed by atoms with Gasteiger partial charge in [-0.25, -0.2) is 8.51 Å². The van der Waals surface area contributed by atoms with Crippen molar-refractivity contribution in [3.05, 3.63) is 89.0 Å². The molecule has 3 aliphatic rings. The Morgan fingerprint density at radius 2 is 1.71 bits per heavy atom. The van der Waals surface area contributed by atoms with Gasteiger partial charge in [-0.05, 0) is 86.2 Å². The van der Waals surface area contributed by atoms with Crippen molar-refractivity contribution in [2.45, 2.75) is 51.0 Å². The van der Waals surface area contributed by atoms with Crippen LogP contribution in [-0.2, 0) is 32.1 Å². The van der Waals surface area contributed by atoms with Gasteiger partial charge >= 0.3 is 0 Å². The van der Waals surface area contributed by atoms with E-state index in [4.69, 9.17) is 4.74 Å². The summed E-state index contributed by atoms with van der Waals surface area (Å²) in [4.78, 5) is 79.1. The zero-order valence-corrected chi connectivity index (χ0v) is 31.6. The van der Waals surface area contributed by atoms with Crippen LogP contribution in [0.4, 0.5) is 22.7 Å². The predicted octanol–water partition coefficient (Wildman–Crippen LogP) is 4.45. The predicted molar refractivity (Wildman–Crippen MR) is 209 cm³/mol. The van der Waals surface area contributed by atoms with E-state index in [-0.39, 0.29) is 42.2 Å². The number of anilines is 4. The monoisotopic (exact) mass is 780 g/mol. The molecule has 2 atom stereocenters. The summed E-state index contributed by atoms with van der Waals surface area (Å²) in [5.41, 5.74) is 3.56. The Balaban J connectivity index is 0.933. The summed E-state index contributed by atoms with van der Waals surface area (Å²) < 4.78 is 30.0. The van der Waals surface area contributed by atoms with Crippen LogP contribution >= 0.6 is 0 Å². The largest absolute Gasteiger partial charge is 0.495 e. The Morgan fingerprint density at radius 3 is 2.48 bits per heavy atom. The summed E-state index contributed by atoms with van der Waals surface area (Å²) in [6.07, 6.45) is 2.81. The first-order valence-electron chi connectivity index (χ1n) is 18.3.